The molecule has 11 heteroatoms. The lowest BCUT2D eigenvalue weighted by atomic mass is 9.86. The van der Waals surface area contributed by atoms with Crippen LogP contribution in [-0.2, 0) is 36.8 Å². The maximum atomic E-state index is 15.0. The zero-order chi connectivity index (χ0) is 39.6. The lowest BCUT2D eigenvalue weighted by Gasteiger charge is -2.42. The SMILES string of the molecule is CCCCC(=O)C(c1ccccc1)N(C(C(=O)C1CCCC1)c1ccccc1)[C@@H](C)C(=O)N(C(=O)Cc1cc(F)cc(F)c1)C(=O)Cc1cc(F)cc(F)c1. The zero-order valence-electron chi connectivity index (χ0n) is 30.9. The third-order valence-corrected chi connectivity index (χ3v) is 10.0. The Bertz CT molecular complexity index is 1900. The third-order valence-electron chi connectivity index (χ3n) is 10.0. The van der Waals surface area contributed by atoms with E-state index in [-0.39, 0.29) is 35.0 Å². The van der Waals surface area contributed by atoms with Crippen LogP contribution in [0.5, 0.6) is 0 Å². The van der Waals surface area contributed by atoms with Gasteiger partial charge in [-0.3, -0.25) is 28.9 Å². The molecule has 0 bridgehead atoms. The van der Waals surface area contributed by atoms with E-state index in [1.54, 1.807) is 60.7 Å². The Hall–Kier alpha value is -5.29. The predicted octanol–water partition coefficient (Wildman–Crippen LogP) is 8.60. The molecule has 0 radical (unpaired) electrons. The fraction of sp³-hybridized carbons (Fsp3) is 0.341. The molecule has 1 aliphatic rings. The monoisotopic (exact) mass is 756 g/mol. The number of carbonyl (C=O) groups is 5. The summed E-state index contributed by atoms with van der Waals surface area (Å²) in [7, 11) is 0. The number of Topliss-reactive ketones (excluding diaryl/α,β-unsaturated/α-hetero) is 2. The van der Waals surface area contributed by atoms with Crippen LogP contribution in [0.4, 0.5) is 17.6 Å². The highest BCUT2D eigenvalue weighted by Crippen LogP contribution is 2.40. The second-order valence-electron chi connectivity index (χ2n) is 14.1. The number of nitrogens with zero attached hydrogens (tertiary/aromatic N) is 2. The van der Waals surface area contributed by atoms with Crippen LogP contribution >= 0.6 is 0 Å². The van der Waals surface area contributed by atoms with Crippen molar-refractivity contribution in [2.24, 2.45) is 5.92 Å². The van der Waals surface area contributed by atoms with Gasteiger partial charge < -0.3 is 0 Å². The smallest absolute Gasteiger partial charge is 0.253 e. The quantitative estimate of drug-likeness (QED) is 0.106. The number of rotatable bonds is 16. The minimum atomic E-state index is -1.52. The largest absolute Gasteiger partial charge is 0.298 e. The predicted molar refractivity (Wildman–Crippen MR) is 198 cm³/mol. The van der Waals surface area contributed by atoms with Crippen LogP contribution in [0.2, 0.25) is 0 Å². The maximum Gasteiger partial charge on any atom is 0.253 e. The number of amides is 3. The van der Waals surface area contributed by atoms with E-state index in [2.05, 4.69) is 0 Å². The van der Waals surface area contributed by atoms with E-state index >= 15 is 0 Å². The van der Waals surface area contributed by atoms with Gasteiger partial charge in [-0.05, 0) is 72.7 Å². The van der Waals surface area contributed by atoms with E-state index in [4.69, 9.17) is 0 Å². The van der Waals surface area contributed by atoms with E-state index in [1.807, 2.05) is 6.92 Å². The molecular formula is C44H44F4N2O5. The molecule has 5 rings (SSSR count). The first kappa shape index (κ1) is 40.9. The summed E-state index contributed by atoms with van der Waals surface area (Å²) in [5.41, 5.74) is 0.630. The molecule has 4 aromatic rings. The Balaban J connectivity index is 1.68. The standard InChI is InChI=1S/C44H44F4N2O5/c1-3-4-19-38(51)41(31-13-7-5-8-14-31)49(42(32-15-9-6-10-16-32)43(54)33-17-11-12-18-33)28(2)44(55)50(39(52)24-29-20-34(45)26-35(46)21-29)40(53)25-30-22-36(47)27-37(48)23-30/h5-10,13-16,20-23,26-28,33,41-42H,3-4,11-12,17-19,24-25H2,1-2H3/t28-,41?,42?/m0/s1. The molecule has 1 saturated carbocycles. The number of halogens is 4. The van der Waals surface area contributed by atoms with Crippen LogP contribution in [0.25, 0.3) is 0 Å². The second kappa shape index (κ2) is 18.8. The topological polar surface area (TPSA) is 91.8 Å². The number of hydrogen-bond acceptors (Lipinski definition) is 6. The molecule has 0 saturated heterocycles. The molecule has 1 aliphatic carbocycles. The Kier molecular flexibility index (Phi) is 14.0. The highest BCUT2D eigenvalue weighted by Gasteiger charge is 2.46. The van der Waals surface area contributed by atoms with Gasteiger partial charge in [0, 0.05) is 24.5 Å². The fourth-order valence-electron chi connectivity index (χ4n) is 7.43. The van der Waals surface area contributed by atoms with Gasteiger partial charge in [0.2, 0.25) is 11.8 Å². The van der Waals surface area contributed by atoms with Gasteiger partial charge in [0.25, 0.3) is 5.91 Å². The lowest BCUT2D eigenvalue weighted by Crippen LogP contribution is -2.56. The molecule has 0 spiro atoms. The molecular weight excluding hydrogens is 712 g/mol. The molecule has 0 N–H and O–H groups in total. The van der Waals surface area contributed by atoms with Crippen molar-refractivity contribution in [2.45, 2.75) is 89.8 Å². The fourth-order valence-corrected chi connectivity index (χ4v) is 7.43. The van der Waals surface area contributed by atoms with Gasteiger partial charge in [0.15, 0.2) is 11.6 Å². The van der Waals surface area contributed by atoms with Crippen molar-refractivity contribution in [1.82, 2.24) is 9.80 Å². The van der Waals surface area contributed by atoms with Gasteiger partial charge in [-0.15, -0.1) is 0 Å². The zero-order valence-corrected chi connectivity index (χ0v) is 30.9. The van der Waals surface area contributed by atoms with E-state index in [0.717, 1.165) is 37.1 Å². The first-order chi connectivity index (χ1) is 26.4. The molecule has 288 valence electrons. The molecule has 4 aromatic carbocycles. The van der Waals surface area contributed by atoms with Crippen LogP contribution in [-0.4, -0.2) is 45.1 Å². The summed E-state index contributed by atoms with van der Waals surface area (Å²) in [6, 6.07) is 18.2. The van der Waals surface area contributed by atoms with Gasteiger partial charge in [-0.1, -0.05) is 86.8 Å². The molecule has 1 fully saturated rings. The second-order valence-corrected chi connectivity index (χ2v) is 14.1. The van der Waals surface area contributed by atoms with Crippen molar-refractivity contribution in [3.05, 3.63) is 143 Å². The molecule has 55 heavy (non-hydrogen) atoms. The van der Waals surface area contributed by atoms with E-state index < -0.39 is 72.0 Å². The number of carbonyl (C=O) groups excluding carboxylic acids is 5. The van der Waals surface area contributed by atoms with Crippen molar-refractivity contribution in [1.29, 1.82) is 0 Å². The van der Waals surface area contributed by atoms with Crippen molar-refractivity contribution in [2.75, 3.05) is 0 Å². The Morgan fingerprint density at radius 1 is 0.655 bits per heavy atom. The van der Waals surface area contributed by atoms with E-state index in [9.17, 15) is 41.5 Å². The van der Waals surface area contributed by atoms with Gasteiger partial charge in [0.05, 0.1) is 31.0 Å². The van der Waals surface area contributed by atoms with Gasteiger partial charge in [0.1, 0.15) is 23.3 Å². The average molecular weight is 757 g/mol. The van der Waals surface area contributed by atoms with Crippen molar-refractivity contribution < 1.29 is 41.5 Å². The molecule has 7 nitrogen and oxygen atoms in total. The molecule has 0 aromatic heterocycles. The first-order valence-corrected chi connectivity index (χ1v) is 18.6. The third kappa shape index (κ3) is 10.3. The Morgan fingerprint density at radius 2 is 1.09 bits per heavy atom. The summed E-state index contributed by atoms with van der Waals surface area (Å²) in [6.45, 7) is 3.33. The van der Waals surface area contributed by atoms with Crippen LogP contribution < -0.4 is 0 Å². The molecule has 0 aliphatic heterocycles. The first-order valence-electron chi connectivity index (χ1n) is 18.6. The summed E-state index contributed by atoms with van der Waals surface area (Å²) in [4.78, 5) is 74.2. The van der Waals surface area contributed by atoms with Gasteiger partial charge in [-0.25, -0.2) is 22.5 Å². The average Bonchev–Trinajstić information content (AvgIpc) is 3.69. The Labute approximate surface area is 318 Å². The van der Waals surface area contributed by atoms with Gasteiger partial charge >= 0.3 is 0 Å². The number of benzene rings is 4. The Morgan fingerprint density at radius 3 is 1.53 bits per heavy atom. The van der Waals surface area contributed by atoms with Crippen molar-refractivity contribution in [3.63, 3.8) is 0 Å². The highest BCUT2D eigenvalue weighted by molar-refractivity contribution is 6.13. The van der Waals surface area contributed by atoms with Crippen LogP contribution in [0.15, 0.2) is 97.1 Å². The van der Waals surface area contributed by atoms with Crippen molar-refractivity contribution in [3.8, 4) is 0 Å². The van der Waals surface area contributed by atoms with E-state index in [1.165, 1.54) is 11.8 Å². The number of ketones is 2. The summed E-state index contributed by atoms with van der Waals surface area (Å²) >= 11 is 0. The van der Waals surface area contributed by atoms with Crippen LogP contribution in [0.3, 0.4) is 0 Å². The maximum absolute atomic E-state index is 15.0. The summed E-state index contributed by atoms with van der Waals surface area (Å²) < 4.78 is 56.9. The van der Waals surface area contributed by atoms with Crippen LogP contribution in [0.1, 0.15) is 93.1 Å². The molecule has 3 amide bonds. The number of imide groups is 3. The molecule has 2 unspecified atom stereocenters. The van der Waals surface area contributed by atoms with E-state index in [0.29, 0.717) is 53.8 Å². The van der Waals surface area contributed by atoms with Crippen molar-refractivity contribution >= 4 is 29.3 Å². The molecule has 0 heterocycles. The summed E-state index contributed by atoms with van der Waals surface area (Å²) in [5.74, 6) is -8.33. The number of hydrogen-bond donors (Lipinski definition) is 0. The van der Waals surface area contributed by atoms with Gasteiger partial charge in [-0.2, -0.15) is 0 Å². The highest BCUT2D eigenvalue weighted by atomic mass is 19.1. The normalized spacial score (nSPS) is 14.7. The lowest BCUT2D eigenvalue weighted by molar-refractivity contribution is -0.157. The minimum Gasteiger partial charge on any atom is -0.298 e. The minimum absolute atomic E-state index is 0.102. The summed E-state index contributed by atoms with van der Waals surface area (Å²) in [6.07, 6.45) is 2.57. The molecule has 3 atom stereocenters. The van der Waals surface area contributed by atoms with Crippen LogP contribution in [0, 0.1) is 29.2 Å². The number of unbranched alkanes of at least 4 members (excludes halogenated alkanes) is 1. The summed E-state index contributed by atoms with van der Waals surface area (Å²) in [5, 5.41) is 0.